The summed E-state index contributed by atoms with van der Waals surface area (Å²) in [4.78, 5) is 0. The molecule has 0 aromatic heterocycles. The van der Waals surface area contributed by atoms with Crippen LogP contribution in [0.15, 0.2) is 12.1 Å². The molecule has 0 N–H and O–H groups in total. The molecule has 0 atom stereocenters. The average Bonchev–Trinajstić information content (AvgIpc) is 2.69. The standard InChI is InChI=1S/C25H38F2/c1-3-4-5-19-8-12-22(13-9-19)23-14-10-20(11-15-23)6-7-21-16-24(26)18(2)25(27)17-21/h16-17,19-20,22-23H,3-15H2,1-2H3. The Balaban J connectivity index is 1.38. The van der Waals surface area contributed by atoms with Crippen molar-refractivity contribution in [3.8, 4) is 0 Å². The summed E-state index contributed by atoms with van der Waals surface area (Å²) in [6.45, 7) is 3.81. The molecule has 0 heterocycles. The van der Waals surface area contributed by atoms with Crippen LogP contribution < -0.4 is 0 Å². The van der Waals surface area contributed by atoms with Crippen molar-refractivity contribution >= 4 is 0 Å². The van der Waals surface area contributed by atoms with Crippen LogP contribution in [0.2, 0.25) is 0 Å². The molecule has 0 bridgehead atoms. The summed E-state index contributed by atoms with van der Waals surface area (Å²) in [6, 6.07) is 3.06. The van der Waals surface area contributed by atoms with E-state index in [1.54, 1.807) is 0 Å². The van der Waals surface area contributed by atoms with Gasteiger partial charge >= 0.3 is 0 Å². The van der Waals surface area contributed by atoms with E-state index in [0.717, 1.165) is 42.1 Å². The molecule has 0 saturated heterocycles. The molecular formula is C25H38F2. The summed E-state index contributed by atoms with van der Waals surface area (Å²) in [6.07, 6.45) is 17.4. The number of unbranched alkanes of at least 4 members (excludes halogenated alkanes) is 1. The monoisotopic (exact) mass is 376 g/mol. The minimum atomic E-state index is -0.400. The molecule has 0 amide bonds. The van der Waals surface area contributed by atoms with Crippen molar-refractivity contribution in [3.05, 3.63) is 34.9 Å². The van der Waals surface area contributed by atoms with Crippen LogP contribution in [0.5, 0.6) is 0 Å². The summed E-state index contributed by atoms with van der Waals surface area (Å²) in [5.41, 5.74) is 0.965. The second-order valence-corrected chi connectivity index (χ2v) is 9.43. The zero-order valence-corrected chi connectivity index (χ0v) is 17.4. The van der Waals surface area contributed by atoms with Crippen LogP contribution in [0.1, 0.15) is 95.1 Å². The molecule has 2 aliphatic carbocycles. The summed E-state index contributed by atoms with van der Waals surface area (Å²) < 4.78 is 27.4. The van der Waals surface area contributed by atoms with E-state index in [9.17, 15) is 8.78 Å². The van der Waals surface area contributed by atoms with Crippen LogP contribution >= 0.6 is 0 Å². The normalized spacial score (nSPS) is 29.0. The van der Waals surface area contributed by atoms with Gasteiger partial charge in [-0.05, 0) is 86.8 Å². The van der Waals surface area contributed by atoms with Crippen molar-refractivity contribution in [2.45, 2.75) is 97.3 Å². The van der Waals surface area contributed by atoms with Gasteiger partial charge in [0.2, 0.25) is 0 Å². The maximum absolute atomic E-state index is 13.7. The van der Waals surface area contributed by atoms with Gasteiger partial charge in [-0.25, -0.2) is 8.78 Å². The first-order valence-corrected chi connectivity index (χ1v) is 11.5. The molecular weight excluding hydrogens is 338 g/mol. The van der Waals surface area contributed by atoms with Crippen molar-refractivity contribution in [1.29, 1.82) is 0 Å². The number of hydrogen-bond acceptors (Lipinski definition) is 0. The molecule has 1 aromatic carbocycles. The Labute approximate surface area is 165 Å². The Bertz CT molecular complexity index is 555. The number of halogens is 2. The highest BCUT2D eigenvalue weighted by molar-refractivity contribution is 5.25. The highest BCUT2D eigenvalue weighted by atomic mass is 19.1. The SMILES string of the molecule is CCCCC1CCC(C2CCC(CCc3cc(F)c(C)c(F)c3)CC2)CC1. The Morgan fingerprint density at radius 3 is 1.74 bits per heavy atom. The van der Waals surface area contributed by atoms with E-state index in [1.807, 2.05) is 0 Å². The molecule has 0 radical (unpaired) electrons. The van der Waals surface area contributed by atoms with Gasteiger partial charge in [0, 0.05) is 5.56 Å². The van der Waals surface area contributed by atoms with E-state index in [2.05, 4.69) is 6.92 Å². The van der Waals surface area contributed by atoms with Gasteiger partial charge in [-0.2, -0.15) is 0 Å². The first-order chi connectivity index (χ1) is 13.1. The van der Waals surface area contributed by atoms with E-state index < -0.39 is 11.6 Å². The number of rotatable bonds is 7. The van der Waals surface area contributed by atoms with Crippen molar-refractivity contribution in [2.24, 2.45) is 23.7 Å². The average molecular weight is 377 g/mol. The van der Waals surface area contributed by atoms with Gasteiger partial charge in [-0.15, -0.1) is 0 Å². The van der Waals surface area contributed by atoms with E-state index in [1.165, 1.54) is 89.7 Å². The Morgan fingerprint density at radius 2 is 1.26 bits per heavy atom. The fourth-order valence-electron chi connectivity index (χ4n) is 5.60. The maximum atomic E-state index is 13.7. The smallest absolute Gasteiger partial charge is 0.129 e. The summed E-state index contributed by atoms with van der Waals surface area (Å²) >= 11 is 0. The second kappa shape index (κ2) is 10.0. The van der Waals surface area contributed by atoms with Crippen LogP contribution in [0.3, 0.4) is 0 Å². The predicted octanol–water partition coefficient (Wildman–Crippen LogP) is 8.01. The Hall–Kier alpha value is -0.920. The topological polar surface area (TPSA) is 0 Å². The van der Waals surface area contributed by atoms with Gasteiger partial charge in [0.25, 0.3) is 0 Å². The molecule has 2 saturated carbocycles. The Morgan fingerprint density at radius 1 is 0.778 bits per heavy atom. The lowest BCUT2D eigenvalue weighted by Gasteiger charge is -2.38. The third-order valence-electron chi connectivity index (χ3n) is 7.60. The predicted molar refractivity (Wildman–Crippen MR) is 110 cm³/mol. The van der Waals surface area contributed by atoms with E-state index in [0.29, 0.717) is 0 Å². The molecule has 2 aliphatic rings. The quantitative estimate of drug-likeness (QED) is 0.452. The molecule has 2 heteroatoms. The summed E-state index contributed by atoms with van der Waals surface area (Å²) in [5, 5.41) is 0. The largest absolute Gasteiger partial charge is 0.207 e. The van der Waals surface area contributed by atoms with Crippen molar-refractivity contribution < 1.29 is 8.78 Å². The van der Waals surface area contributed by atoms with Gasteiger partial charge in [0.1, 0.15) is 11.6 Å². The second-order valence-electron chi connectivity index (χ2n) is 9.43. The molecule has 0 nitrogen and oxygen atoms in total. The van der Waals surface area contributed by atoms with Crippen molar-refractivity contribution in [1.82, 2.24) is 0 Å². The third-order valence-corrected chi connectivity index (χ3v) is 7.60. The molecule has 1 aromatic rings. The van der Waals surface area contributed by atoms with Crippen LogP contribution in [0, 0.1) is 42.2 Å². The minimum Gasteiger partial charge on any atom is -0.207 e. The van der Waals surface area contributed by atoms with Gasteiger partial charge in [0.15, 0.2) is 0 Å². The number of hydrogen-bond donors (Lipinski definition) is 0. The first-order valence-electron chi connectivity index (χ1n) is 11.5. The highest BCUT2D eigenvalue weighted by Gasteiger charge is 2.30. The van der Waals surface area contributed by atoms with Crippen molar-refractivity contribution in [2.75, 3.05) is 0 Å². The molecule has 0 spiro atoms. The van der Waals surface area contributed by atoms with Crippen LogP contribution in [-0.4, -0.2) is 0 Å². The number of aryl methyl sites for hydroxylation is 1. The lowest BCUT2D eigenvalue weighted by atomic mass is 9.68. The van der Waals surface area contributed by atoms with Gasteiger partial charge < -0.3 is 0 Å². The van der Waals surface area contributed by atoms with E-state index in [4.69, 9.17) is 0 Å². The third kappa shape index (κ3) is 5.78. The molecule has 3 rings (SSSR count). The van der Waals surface area contributed by atoms with Crippen LogP contribution in [0.4, 0.5) is 8.78 Å². The van der Waals surface area contributed by atoms with Crippen LogP contribution in [0.25, 0.3) is 0 Å². The minimum absolute atomic E-state index is 0.142. The number of benzene rings is 1. The molecule has 152 valence electrons. The highest BCUT2D eigenvalue weighted by Crippen LogP contribution is 2.43. The molecule has 0 aliphatic heterocycles. The maximum Gasteiger partial charge on any atom is 0.129 e. The Kier molecular flexibility index (Phi) is 7.73. The fourth-order valence-corrected chi connectivity index (χ4v) is 5.60. The lowest BCUT2D eigenvalue weighted by molar-refractivity contribution is 0.140. The van der Waals surface area contributed by atoms with Crippen molar-refractivity contribution in [3.63, 3.8) is 0 Å². The van der Waals surface area contributed by atoms with Crippen LogP contribution in [-0.2, 0) is 6.42 Å². The van der Waals surface area contributed by atoms with E-state index in [-0.39, 0.29) is 5.56 Å². The zero-order valence-electron chi connectivity index (χ0n) is 17.4. The van der Waals surface area contributed by atoms with Gasteiger partial charge in [-0.1, -0.05) is 51.9 Å². The first kappa shape index (κ1) is 20.8. The lowest BCUT2D eigenvalue weighted by Crippen LogP contribution is -2.26. The summed E-state index contributed by atoms with van der Waals surface area (Å²) in [7, 11) is 0. The van der Waals surface area contributed by atoms with Gasteiger partial charge in [-0.3, -0.25) is 0 Å². The van der Waals surface area contributed by atoms with Gasteiger partial charge in [0.05, 0.1) is 0 Å². The molecule has 27 heavy (non-hydrogen) atoms. The fraction of sp³-hybridized carbons (Fsp3) is 0.760. The molecule has 0 unspecified atom stereocenters. The van der Waals surface area contributed by atoms with E-state index >= 15 is 0 Å². The molecule has 2 fully saturated rings. The summed E-state index contributed by atoms with van der Waals surface area (Å²) in [5.74, 6) is 2.88. The zero-order chi connectivity index (χ0) is 19.2.